The molecule has 4 heterocycles. The van der Waals surface area contributed by atoms with Gasteiger partial charge in [0.25, 0.3) is 0 Å². The predicted molar refractivity (Wildman–Crippen MR) is 297 cm³/mol. The van der Waals surface area contributed by atoms with Crippen LogP contribution in [0.1, 0.15) is 25.0 Å². The van der Waals surface area contributed by atoms with Crippen molar-refractivity contribution in [3.8, 4) is 67.3 Å². The molecule has 2 radical (unpaired) electrons. The fraction of sp³-hybridized carbons (Fsp3) is 0.111. The number of nitrogens with zero attached hydrogens (tertiary/aromatic N) is 4. The number of aliphatic hydroxyl groups excluding tert-OH is 2. The van der Waals surface area contributed by atoms with Crippen molar-refractivity contribution in [2.75, 3.05) is 14.2 Å². The van der Waals surface area contributed by atoms with Crippen LogP contribution in [0.15, 0.2) is 237 Å². The van der Waals surface area contributed by atoms with E-state index in [9.17, 15) is 13.2 Å². The molecule has 0 unspecified atom stereocenters. The number of alkyl halides is 3. The van der Waals surface area contributed by atoms with Crippen LogP contribution in [-0.2, 0) is 63.2 Å². The molecule has 0 amide bonds. The van der Waals surface area contributed by atoms with Crippen molar-refractivity contribution >= 4 is 10.1 Å². The molecule has 0 aliphatic rings. The minimum atomic E-state index is -6.09. The Hall–Kier alpha value is -7.16. The van der Waals surface area contributed by atoms with E-state index in [0.717, 1.165) is 66.5 Å². The van der Waals surface area contributed by atoms with E-state index in [2.05, 4.69) is 125 Å². The van der Waals surface area contributed by atoms with Crippen LogP contribution in [0.5, 0.6) is 0 Å². The third-order valence-electron chi connectivity index (χ3n) is 10.5. The Bertz CT molecular complexity index is 2980. The van der Waals surface area contributed by atoms with Crippen LogP contribution in [0.4, 0.5) is 13.2 Å². The Morgan fingerprint density at radius 3 is 1.05 bits per heavy atom. The van der Waals surface area contributed by atoms with Gasteiger partial charge in [-0.05, 0) is 70.4 Å². The number of aliphatic hydroxyl groups is 2. The van der Waals surface area contributed by atoms with Crippen LogP contribution in [0.3, 0.4) is 0 Å². The molecule has 0 fully saturated rings. The number of pyridine rings is 4. The molecule has 0 aliphatic heterocycles. The third-order valence-corrected chi connectivity index (χ3v) is 11.1. The van der Waals surface area contributed by atoms with Gasteiger partial charge in [0.1, 0.15) is 0 Å². The Balaban J connectivity index is 0.000000337. The maximum atomic E-state index is 10.7. The van der Waals surface area contributed by atoms with Gasteiger partial charge in [-0.3, -0.25) is 4.98 Å². The van der Waals surface area contributed by atoms with Crippen molar-refractivity contribution in [1.29, 1.82) is 0 Å². The van der Waals surface area contributed by atoms with Crippen molar-refractivity contribution in [2.24, 2.45) is 0 Å². The number of aryl methyl sites for hydroxylation is 2. The minimum Gasteiger partial charge on any atom is -0.741 e. The summed E-state index contributed by atoms with van der Waals surface area (Å²) in [6, 6.07) is 80.4. The molecule has 10 rings (SSSR count). The molecule has 4 aromatic heterocycles. The van der Waals surface area contributed by atoms with E-state index in [1.54, 1.807) is 12.4 Å². The molecule has 6 aromatic carbocycles. The molecular weight excluding hydrogens is 1370 g/mol. The van der Waals surface area contributed by atoms with Gasteiger partial charge >= 0.3 is 5.51 Å². The third kappa shape index (κ3) is 22.1. The Kier molecular flexibility index (Phi) is 31.6. The first-order valence-corrected chi connectivity index (χ1v) is 25.1. The van der Waals surface area contributed by atoms with Gasteiger partial charge in [0, 0.05) is 95.9 Å². The van der Waals surface area contributed by atoms with Crippen molar-refractivity contribution < 1.29 is 76.6 Å². The van der Waals surface area contributed by atoms with E-state index < -0.39 is 15.6 Å². The Morgan fingerprint density at radius 1 is 0.436 bits per heavy atom. The second-order valence-electron chi connectivity index (χ2n) is 15.4. The average molecular weight is 1420 g/mol. The summed E-state index contributed by atoms with van der Waals surface area (Å²) in [6.07, 6.45) is 9.55. The molecule has 2 N–H and O–H groups in total. The summed E-state index contributed by atoms with van der Waals surface area (Å²) in [5.41, 5.74) is 10.2. The first-order chi connectivity index (χ1) is 36.9. The number of aromatic nitrogens is 4. The van der Waals surface area contributed by atoms with E-state index in [4.69, 9.17) is 23.2 Å². The maximum absolute atomic E-state index is 10.7. The zero-order chi connectivity index (χ0) is 55.0. The van der Waals surface area contributed by atoms with E-state index >= 15 is 0 Å². The van der Waals surface area contributed by atoms with Crippen LogP contribution in [0.25, 0.3) is 67.3 Å². The normalized spacial score (nSPS) is 9.92. The van der Waals surface area contributed by atoms with Gasteiger partial charge in [0.15, 0.2) is 10.1 Å². The summed E-state index contributed by atoms with van der Waals surface area (Å²) < 4.78 is 58.9. The number of rotatable bonds is 8. The van der Waals surface area contributed by atoms with Crippen LogP contribution in [-0.4, -0.2) is 62.8 Å². The summed E-state index contributed by atoms with van der Waals surface area (Å²) in [4.78, 5) is 17.7. The molecular formula is C63H57F3Ir2N4O5S-4. The first kappa shape index (κ1) is 66.9. The molecule has 0 atom stereocenters. The molecule has 10 aromatic rings. The monoisotopic (exact) mass is 1420 g/mol. The molecule has 0 saturated heterocycles. The number of benzene rings is 6. The zero-order valence-electron chi connectivity index (χ0n) is 43.0. The largest absolute Gasteiger partial charge is 0.741 e. The van der Waals surface area contributed by atoms with Crippen LogP contribution in [0, 0.1) is 18.2 Å². The van der Waals surface area contributed by atoms with E-state index in [1.807, 2.05) is 152 Å². The van der Waals surface area contributed by atoms with Gasteiger partial charge in [0.05, 0.1) is 5.69 Å². The Labute approximate surface area is 483 Å². The van der Waals surface area contributed by atoms with Crippen LogP contribution >= 0.6 is 0 Å². The standard InChI is InChI=1S/C19H17N.C19H16N.2C11H8N.CHF3O3S.2CH4O.2Ir/c2*1-2-15-13-19(17-11-7-4-8-12-17)20-14-18(15)16-9-5-3-6-10-16;2*1-2-6-10(7-3-1)11-8-4-5-9-12-11;2-1(3,4)8(5,6)7;2*1-2;;/h3-14H,2H2,1H3;3-11,13-14H,2H2,1H3;2*1-6,8-9H;(H,5,6,7);2*2H,1H3;;/q;3*-1;;;;;/p-1. The minimum absolute atomic E-state index is 0. The quantitative estimate of drug-likeness (QED) is 0.0861. The van der Waals surface area contributed by atoms with Crippen molar-refractivity contribution in [3.63, 3.8) is 0 Å². The summed E-state index contributed by atoms with van der Waals surface area (Å²) in [5.74, 6) is 0. The van der Waals surface area contributed by atoms with Crippen molar-refractivity contribution in [3.05, 3.63) is 266 Å². The molecule has 0 bridgehead atoms. The van der Waals surface area contributed by atoms with E-state index in [1.165, 1.54) is 38.9 Å². The summed E-state index contributed by atoms with van der Waals surface area (Å²) >= 11 is 0. The van der Waals surface area contributed by atoms with E-state index in [0.29, 0.717) is 0 Å². The van der Waals surface area contributed by atoms with Crippen LogP contribution < -0.4 is 0 Å². The molecule has 0 saturated carbocycles. The van der Waals surface area contributed by atoms with Gasteiger partial charge < -0.3 is 29.7 Å². The number of hydrogen-bond acceptors (Lipinski definition) is 9. The van der Waals surface area contributed by atoms with Gasteiger partial charge in [-0.2, -0.15) is 13.2 Å². The zero-order valence-corrected chi connectivity index (χ0v) is 48.7. The molecule has 78 heavy (non-hydrogen) atoms. The summed E-state index contributed by atoms with van der Waals surface area (Å²) in [7, 11) is -4.09. The molecule has 15 heteroatoms. The maximum Gasteiger partial charge on any atom is 0.485 e. The number of hydrogen-bond donors (Lipinski definition) is 2. The molecule has 408 valence electrons. The fourth-order valence-electron chi connectivity index (χ4n) is 6.95. The molecule has 9 nitrogen and oxygen atoms in total. The average Bonchev–Trinajstić information content (AvgIpc) is 3.50. The van der Waals surface area contributed by atoms with Crippen LogP contribution in [0.2, 0.25) is 0 Å². The second kappa shape index (κ2) is 36.8. The molecule has 0 spiro atoms. The van der Waals surface area contributed by atoms with Crippen molar-refractivity contribution in [1.82, 2.24) is 19.9 Å². The predicted octanol–water partition coefficient (Wildman–Crippen LogP) is 14.1. The summed E-state index contributed by atoms with van der Waals surface area (Å²) in [6.45, 7) is 4.37. The van der Waals surface area contributed by atoms with Gasteiger partial charge in [-0.1, -0.05) is 135 Å². The Morgan fingerprint density at radius 2 is 0.744 bits per heavy atom. The van der Waals surface area contributed by atoms with Gasteiger partial charge in [0.2, 0.25) is 0 Å². The van der Waals surface area contributed by atoms with Crippen molar-refractivity contribution in [2.45, 2.75) is 32.2 Å². The van der Waals surface area contributed by atoms with Gasteiger partial charge in [-0.25, -0.2) is 8.42 Å². The fourth-order valence-corrected chi connectivity index (χ4v) is 6.95. The number of halogens is 3. The summed E-state index contributed by atoms with van der Waals surface area (Å²) in [5, 5.41) is 14.0. The first-order valence-electron chi connectivity index (χ1n) is 23.7. The molecule has 0 aliphatic carbocycles. The smallest absolute Gasteiger partial charge is 0.485 e. The topological polar surface area (TPSA) is 149 Å². The van der Waals surface area contributed by atoms with E-state index in [-0.39, 0.29) is 40.2 Å². The van der Waals surface area contributed by atoms with Gasteiger partial charge in [-0.15, -0.1) is 108 Å². The SMILES string of the molecule is CCc1cc(-c2[c-]cccc2)ncc1-c1ccccc1.CCc1cc(-c2ccccc2)ncc1-c1ccccc1.CO.CO.O=S(=O)([O-])C(F)(F)F.[Ir].[Ir].[c-]1ccccc1-c1ccccn1.[c-]1ccccc1-c1ccccn1. The second-order valence-corrected chi connectivity index (χ2v) is 16.8.